The number of nitrogens with zero attached hydrogens (tertiary/aromatic N) is 2. The standard InChI is InChI=1S/C35H41N5O5S/c1-3-4-8-19-36-34(42)38-27-13-16-30(31(22-27)43-2)45-32-23-37-35(46-32)39-33(41)26-11-14-28(15-12-26)44-29-17-20-40(21-18-29)24-25-9-6-5-7-10-25/h5-7,9-16,22-23,29H,3-4,8,17-21,24H2,1-2H3,(H2,36,38,42)(H,37,39,41). The second-order valence-electron chi connectivity index (χ2n) is 11.1. The van der Waals surface area contributed by atoms with Crippen LogP contribution in [0, 0.1) is 0 Å². The summed E-state index contributed by atoms with van der Waals surface area (Å²) in [5.74, 6) is 1.38. The molecule has 1 fully saturated rings. The third-order valence-electron chi connectivity index (χ3n) is 7.61. The van der Waals surface area contributed by atoms with Gasteiger partial charge in [-0.25, -0.2) is 9.78 Å². The maximum atomic E-state index is 12.9. The highest BCUT2D eigenvalue weighted by Gasteiger charge is 2.21. The number of aromatic nitrogens is 1. The number of thiazole rings is 1. The van der Waals surface area contributed by atoms with E-state index in [9.17, 15) is 9.59 Å². The van der Waals surface area contributed by atoms with Gasteiger partial charge in [-0.05, 0) is 61.2 Å². The number of hydrogen-bond acceptors (Lipinski definition) is 8. The zero-order chi connectivity index (χ0) is 32.1. The highest BCUT2D eigenvalue weighted by Crippen LogP contribution is 2.37. The lowest BCUT2D eigenvalue weighted by Gasteiger charge is -2.32. The van der Waals surface area contributed by atoms with Crippen LogP contribution in [0.25, 0.3) is 0 Å². The SMILES string of the molecule is CCCCCNC(=O)Nc1ccc(Oc2cnc(NC(=O)c3ccc(OC4CCN(Cc5ccccc5)CC4)cc3)s2)c(OC)c1. The molecule has 4 aromatic rings. The second-order valence-corrected chi connectivity index (χ2v) is 12.1. The molecule has 1 saturated heterocycles. The van der Waals surface area contributed by atoms with Crippen LogP contribution in [0.3, 0.4) is 0 Å². The number of anilines is 2. The molecular weight excluding hydrogens is 602 g/mol. The van der Waals surface area contributed by atoms with Gasteiger partial charge in [0.05, 0.1) is 13.3 Å². The summed E-state index contributed by atoms with van der Waals surface area (Å²) in [4.78, 5) is 31.8. The molecular formula is C35H41N5O5S. The predicted molar refractivity (Wildman–Crippen MR) is 181 cm³/mol. The first-order valence-corrected chi connectivity index (χ1v) is 16.5. The van der Waals surface area contributed by atoms with Crippen LogP contribution in [0.2, 0.25) is 0 Å². The van der Waals surface area contributed by atoms with Crippen molar-refractivity contribution in [3.05, 3.63) is 90.1 Å². The molecule has 242 valence electrons. The highest BCUT2D eigenvalue weighted by atomic mass is 32.1. The third kappa shape index (κ3) is 9.69. The van der Waals surface area contributed by atoms with Crippen molar-refractivity contribution in [2.45, 2.75) is 51.7 Å². The van der Waals surface area contributed by atoms with Gasteiger partial charge in [0.25, 0.3) is 5.91 Å². The molecule has 3 N–H and O–H groups in total. The van der Waals surface area contributed by atoms with Crippen molar-refractivity contribution in [3.63, 3.8) is 0 Å². The number of hydrogen-bond donors (Lipinski definition) is 3. The number of carbonyl (C=O) groups is 2. The van der Waals surface area contributed by atoms with Crippen LogP contribution in [-0.4, -0.2) is 54.7 Å². The van der Waals surface area contributed by atoms with Crippen molar-refractivity contribution in [1.29, 1.82) is 0 Å². The summed E-state index contributed by atoms with van der Waals surface area (Å²) in [5, 5.41) is 9.36. The number of carbonyl (C=O) groups excluding carboxylic acids is 2. The van der Waals surface area contributed by atoms with Crippen molar-refractivity contribution in [3.8, 4) is 22.3 Å². The average molecular weight is 644 g/mol. The smallest absolute Gasteiger partial charge is 0.319 e. The predicted octanol–water partition coefficient (Wildman–Crippen LogP) is 7.55. The Kier molecular flexibility index (Phi) is 11.8. The Bertz CT molecular complexity index is 1560. The van der Waals surface area contributed by atoms with Gasteiger partial charge < -0.3 is 24.8 Å². The number of likely N-dealkylation sites (tertiary alicyclic amines) is 1. The Labute approximate surface area is 274 Å². The summed E-state index contributed by atoms with van der Waals surface area (Å²) in [6.07, 6.45) is 6.73. The van der Waals surface area contributed by atoms with Crippen LogP contribution >= 0.6 is 11.3 Å². The van der Waals surface area contributed by atoms with Gasteiger partial charge in [0.2, 0.25) is 5.06 Å². The van der Waals surface area contributed by atoms with E-state index in [1.54, 1.807) is 30.3 Å². The largest absolute Gasteiger partial charge is 0.493 e. The van der Waals surface area contributed by atoms with E-state index < -0.39 is 0 Å². The summed E-state index contributed by atoms with van der Waals surface area (Å²) < 4.78 is 17.7. The molecule has 0 atom stereocenters. The minimum absolute atomic E-state index is 0.159. The van der Waals surface area contributed by atoms with Gasteiger partial charge in [-0.2, -0.15) is 0 Å². The molecule has 0 saturated carbocycles. The summed E-state index contributed by atoms with van der Waals surface area (Å²) in [5.41, 5.74) is 2.41. The van der Waals surface area contributed by atoms with Gasteiger partial charge in [-0.1, -0.05) is 61.4 Å². The fraction of sp³-hybridized carbons (Fsp3) is 0.343. The summed E-state index contributed by atoms with van der Waals surface area (Å²) >= 11 is 1.20. The first kappa shape index (κ1) is 32.8. The van der Waals surface area contributed by atoms with Crippen molar-refractivity contribution in [2.75, 3.05) is 37.4 Å². The van der Waals surface area contributed by atoms with Crippen LogP contribution in [0.4, 0.5) is 15.6 Å². The number of amides is 3. The van der Waals surface area contributed by atoms with Crippen molar-refractivity contribution in [2.24, 2.45) is 0 Å². The molecule has 1 aliphatic heterocycles. The quantitative estimate of drug-likeness (QED) is 0.122. The summed E-state index contributed by atoms with van der Waals surface area (Å²) in [6, 6.07) is 22.6. The molecule has 0 radical (unpaired) electrons. The lowest BCUT2D eigenvalue weighted by molar-refractivity contribution is 0.0967. The van der Waals surface area contributed by atoms with Gasteiger partial charge in [-0.15, -0.1) is 0 Å². The van der Waals surface area contributed by atoms with Crippen LogP contribution in [0.5, 0.6) is 22.3 Å². The zero-order valence-corrected chi connectivity index (χ0v) is 27.1. The van der Waals surface area contributed by atoms with Gasteiger partial charge in [0.15, 0.2) is 16.6 Å². The van der Waals surface area contributed by atoms with Crippen LogP contribution < -0.4 is 30.2 Å². The van der Waals surface area contributed by atoms with Gasteiger partial charge in [-0.3, -0.25) is 15.0 Å². The number of urea groups is 1. The normalized spacial score (nSPS) is 13.5. The number of ether oxygens (including phenoxy) is 3. The van der Waals surface area contributed by atoms with Crippen LogP contribution in [0.15, 0.2) is 79.0 Å². The Hall–Kier alpha value is -4.61. The molecule has 0 unspecified atom stereocenters. The molecule has 46 heavy (non-hydrogen) atoms. The molecule has 2 heterocycles. The van der Waals surface area contributed by atoms with Crippen LogP contribution in [0.1, 0.15) is 54.9 Å². The number of benzene rings is 3. The van der Waals surface area contributed by atoms with Crippen molar-refractivity contribution >= 4 is 34.1 Å². The monoisotopic (exact) mass is 643 g/mol. The lowest BCUT2D eigenvalue weighted by Crippen LogP contribution is -2.37. The first-order chi connectivity index (χ1) is 22.5. The average Bonchev–Trinajstić information content (AvgIpc) is 3.52. The maximum absolute atomic E-state index is 12.9. The van der Waals surface area contributed by atoms with E-state index in [0.717, 1.165) is 57.5 Å². The molecule has 1 aliphatic rings. The molecule has 0 bridgehead atoms. The molecule has 0 spiro atoms. The van der Waals surface area contributed by atoms with Gasteiger partial charge >= 0.3 is 6.03 Å². The number of nitrogens with one attached hydrogen (secondary N) is 3. The van der Waals surface area contributed by atoms with Gasteiger partial charge in [0.1, 0.15) is 11.9 Å². The Morgan fingerprint density at radius 3 is 2.48 bits per heavy atom. The number of unbranched alkanes of at least 4 members (excludes halogenated alkanes) is 2. The lowest BCUT2D eigenvalue weighted by atomic mass is 10.1. The van der Waals surface area contributed by atoms with E-state index in [-0.39, 0.29) is 18.0 Å². The number of piperidine rings is 1. The highest BCUT2D eigenvalue weighted by molar-refractivity contribution is 7.17. The Morgan fingerprint density at radius 1 is 0.957 bits per heavy atom. The summed E-state index contributed by atoms with van der Waals surface area (Å²) in [7, 11) is 1.53. The molecule has 11 heteroatoms. The van der Waals surface area contributed by atoms with Crippen molar-refractivity contribution < 1.29 is 23.8 Å². The Morgan fingerprint density at radius 2 is 1.74 bits per heavy atom. The molecule has 3 aromatic carbocycles. The maximum Gasteiger partial charge on any atom is 0.319 e. The fourth-order valence-corrected chi connectivity index (χ4v) is 5.80. The zero-order valence-electron chi connectivity index (χ0n) is 26.3. The van der Waals surface area contributed by atoms with E-state index in [0.29, 0.717) is 39.5 Å². The topological polar surface area (TPSA) is 114 Å². The van der Waals surface area contributed by atoms with E-state index in [4.69, 9.17) is 14.2 Å². The van der Waals surface area contributed by atoms with E-state index >= 15 is 0 Å². The molecule has 3 amide bonds. The minimum atomic E-state index is -0.275. The molecule has 1 aromatic heterocycles. The van der Waals surface area contributed by atoms with Gasteiger partial charge in [0, 0.05) is 43.5 Å². The Balaban J connectivity index is 1.08. The first-order valence-electron chi connectivity index (χ1n) is 15.7. The van der Waals surface area contributed by atoms with E-state index in [1.807, 2.05) is 18.2 Å². The molecule has 5 rings (SSSR count). The van der Waals surface area contributed by atoms with Crippen molar-refractivity contribution in [1.82, 2.24) is 15.2 Å². The number of methoxy groups -OCH3 is 1. The molecule has 0 aliphatic carbocycles. The van der Waals surface area contributed by atoms with E-state index in [1.165, 1.54) is 30.2 Å². The number of rotatable bonds is 14. The van der Waals surface area contributed by atoms with Crippen LogP contribution in [-0.2, 0) is 6.54 Å². The summed E-state index contributed by atoms with van der Waals surface area (Å²) in [6.45, 7) is 5.69. The second kappa shape index (κ2) is 16.6. The fourth-order valence-electron chi connectivity index (χ4n) is 5.13. The third-order valence-corrected chi connectivity index (χ3v) is 8.40. The minimum Gasteiger partial charge on any atom is -0.493 e. The van der Waals surface area contributed by atoms with E-state index in [2.05, 4.69) is 57.0 Å². The molecule has 10 nitrogen and oxygen atoms in total.